The van der Waals surface area contributed by atoms with Crippen molar-refractivity contribution in [1.82, 2.24) is 15.0 Å². The number of rotatable bonds is 2. The summed E-state index contributed by atoms with van der Waals surface area (Å²) in [6.45, 7) is 3.32. The Labute approximate surface area is 91.0 Å². The molecule has 16 heavy (non-hydrogen) atoms. The minimum atomic E-state index is -1.04. The van der Waals surface area contributed by atoms with Gasteiger partial charge in [-0.05, 0) is 6.92 Å². The summed E-state index contributed by atoms with van der Waals surface area (Å²) in [6.07, 6.45) is 2.70. The van der Waals surface area contributed by atoms with Crippen molar-refractivity contribution in [3.8, 4) is 11.5 Å². The molecule has 0 saturated carbocycles. The molecule has 0 atom stereocenters. The molecule has 0 aliphatic heterocycles. The van der Waals surface area contributed by atoms with E-state index >= 15 is 0 Å². The van der Waals surface area contributed by atoms with Gasteiger partial charge in [0.1, 0.15) is 12.0 Å². The van der Waals surface area contributed by atoms with Crippen LogP contribution >= 0.6 is 0 Å². The molecule has 1 N–H and O–H groups in total. The number of nitrogens with zero attached hydrogens (tertiary/aromatic N) is 3. The number of carboxylic acid groups (broad SMARTS) is 1. The van der Waals surface area contributed by atoms with Gasteiger partial charge in [-0.2, -0.15) is 0 Å². The first-order chi connectivity index (χ1) is 7.58. The van der Waals surface area contributed by atoms with Gasteiger partial charge in [-0.15, -0.1) is 0 Å². The van der Waals surface area contributed by atoms with Gasteiger partial charge in [-0.1, -0.05) is 0 Å². The third kappa shape index (κ3) is 1.77. The van der Waals surface area contributed by atoms with Gasteiger partial charge < -0.3 is 9.52 Å². The van der Waals surface area contributed by atoms with Crippen LogP contribution in [-0.4, -0.2) is 26.0 Å². The zero-order valence-electron chi connectivity index (χ0n) is 8.76. The van der Waals surface area contributed by atoms with E-state index in [1.807, 2.05) is 0 Å². The molecule has 0 saturated heterocycles. The van der Waals surface area contributed by atoms with Crippen molar-refractivity contribution in [2.24, 2.45) is 0 Å². The fourth-order valence-corrected chi connectivity index (χ4v) is 1.27. The largest absolute Gasteiger partial charge is 0.478 e. The molecule has 2 aromatic heterocycles. The van der Waals surface area contributed by atoms with Gasteiger partial charge >= 0.3 is 5.97 Å². The number of aromatic carboxylic acids is 1. The van der Waals surface area contributed by atoms with Gasteiger partial charge in [0.2, 0.25) is 0 Å². The predicted molar refractivity (Wildman–Crippen MR) is 54.0 cm³/mol. The molecule has 2 heterocycles. The SMILES string of the molecule is Cc1nc(-c2ncc(C(=O)O)c(C)n2)co1. The van der Waals surface area contributed by atoms with Crippen molar-refractivity contribution in [1.29, 1.82) is 0 Å². The average Bonchev–Trinajstić information content (AvgIpc) is 2.64. The fraction of sp³-hybridized carbons (Fsp3) is 0.200. The highest BCUT2D eigenvalue weighted by Gasteiger charge is 2.12. The first kappa shape index (κ1) is 10.3. The predicted octanol–water partition coefficient (Wildman–Crippen LogP) is 1.45. The number of aryl methyl sites for hydroxylation is 2. The van der Waals surface area contributed by atoms with Crippen molar-refractivity contribution >= 4 is 5.97 Å². The Hall–Kier alpha value is -2.24. The van der Waals surface area contributed by atoms with Crippen molar-refractivity contribution < 1.29 is 14.3 Å². The number of carboxylic acids is 1. The van der Waals surface area contributed by atoms with E-state index in [2.05, 4.69) is 15.0 Å². The van der Waals surface area contributed by atoms with Gasteiger partial charge in [0, 0.05) is 13.1 Å². The maximum Gasteiger partial charge on any atom is 0.339 e. The molecule has 0 amide bonds. The van der Waals surface area contributed by atoms with Gasteiger partial charge in [-0.25, -0.2) is 19.7 Å². The lowest BCUT2D eigenvalue weighted by Crippen LogP contribution is -2.04. The zero-order chi connectivity index (χ0) is 11.7. The highest BCUT2D eigenvalue weighted by atomic mass is 16.4. The standard InChI is InChI=1S/C10H9N3O3/c1-5-7(10(14)15)3-11-9(12-5)8-4-16-6(2)13-8/h3-4H,1-2H3,(H,14,15). The van der Waals surface area contributed by atoms with Crippen LogP contribution in [0, 0.1) is 13.8 Å². The summed E-state index contributed by atoms with van der Waals surface area (Å²) in [5.74, 6) is -0.168. The molecule has 0 bridgehead atoms. The van der Waals surface area contributed by atoms with E-state index in [9.17, 15) is 4.79 Å². The van der Waals surface area contributed by atoms with Crippen LogP contribution in [0.1, 0.15) is 21.9 Å². The van der Waals surface area contributed by atoms with Crippen LogP contribution in [-0.2, 0) is 0 Å². The number of oxazole rings is 1. The van der Waals surface area contributed by atoms with Crippen LogP contribution in [0.2, 0.25) is 0 Å². The molecule has 0 spiro atoms. The minimum absolute atomic E-state index is 0.0870. The molecule has 0 aliphatic rings. The lowest BCUT2D eigenvalue weighted by molar-refractivity contribution is 0.0695. The van der Waals surface area contributed by atoms with E-state index in [-0.39, 0.29) is 5.56 Å². The zero-order valence-corrected chi connectivity index (χ0v) is 8.76. The molecule has 6 heteroatoms. The van der Waals surface area contributed by atoms with Gasteiger partial charge in [0.25, 0.3) is 0 Å². The molecule has 0 radical (unpaired) electrons. The van der Waals surface area contributed by atoms with Crippen LogP contribution in [0.4, 0.5) is 0 Å². The first-order valence-corrected chi connectivity index (χ1v) is 4.57. The Kier molecular flexibility index (Phi) is 2.40. The van der Waals surface area contributed by atoms with Crippen LogP contribution in [0.5, 0.6) is 0 Å². The molecule has 2 aromatic rings. The molecule has 2 rings (SSSR count). The maximum absolute atomic E-state index is 10.8. The maximum atomic E-state index is 10.8. The minimum Gasteiger partial charge on any atom is -0.478 e. The smallest absolute Gasteiger partial charge is 0.339 e. The average molecular weight is 219 g/mol. The summed E-state index contributed by atoms with van der Waals surface area (Å²) in [4.78, 5) is 22.8. The summed E-state index contributed by atoms with van der Waals surface area (Å²) in [5, 5.41) is 8.82. The highest BCUT2D eigenvalue weighted by Crippen LogP contribution is 2.15. The van der Waals surface area contributed by atoms with Crippen molar-refractivity contribution in [2.75, 3.05) is 0 Å². The number of hydrogen-bond donors (Lipinski definition) is 1. The van der Waals surface area contributed by atoms with Crippen molar-refractivity contribution in [2.45, 2.75) is 13.8 Å². The lowest BCUT2D eigenvalue weighted by atomic mass is 10.2. The van der Waals surface area contributed by atoms with E-state index in [1.165, 1.54) is 12.5 Å². The molecule has 0 aliphatic carbocycles. The van der Waals surface area contributed by atoms with Gasteiger partial charge in [0.15, 0.2) is 11.7 Å². The second kappa shape index (κ2) is 3.73. The van der Waals surface area contributed by atoms with E-state index in [4.69, 9.17) is 9.52 Å². The molecular formula is C10H9N3O3. The molecule has 82 valence electrons. The van der Waals surface area contributed by atoms with E-state index in [1.54, 1.807) is 13.8 Å². The molecule has 6 nitrogen and oxygen atoms in total. The summed E-state index contributed by atoms with van der Waals surface area (Å²) < 4.78 is 5.03. The van der Waals surface area contributed by atoms with E-state index < -0.39 is 5.97 Å². The molecule has 0 aromatic carbocycles. The van der Waals surface area contributed by atoms with Crippen molar-refractivity contribution in [3.63, 3.8) is 0 Å². The summed E-state index contributed by atoms with van der Waals surface area (Å²) in [5.41, 5.74) is 0.986. The number of aromatic nitrogens is 3. The topological polar surface area (TPSA) is 89.1 Å². The Morgan fingerprint density at radius 1 is 1.38 bits per heavy atom. The summed E-state index contributed by atoms with van der Waals surface area (Å²) in [6, 6.07) is 0. The quantitative estimate of drug-likeness (QED) is 0.822. The van der Waals surface area contributed by atoms with Gasteiger partial charge in [-0.3, -0.25) is 0 Å². The number of hydrogen-bond acceptors (Lipinski definition) is 5. The Balaban J connectivity index is 2.45. The third-order valence-corrected chi connectivity index (χ3v) is 2.06. The van der Waals surface area contributed by atoms with Gasteiger partial charge in [0.05, 0.1) is 11.3 Å². The normalized spacial score (nSPS) is 10.4. The summed E-state index contributed by atoms with van der Waals surface area (Å²) in [7, 11) is 0. The number of carbonyl (C=O) groups is 1. The van der Waals surface area contributed by atoms with Crippen molar-refractivity contribution in [3.05, 3.63) is 29.6 Å². The van der Waals surface area contributed by atoms with Crippen LogP contribution in [0.25, 0.3) is 11.5 Å². The van der Waals surface area contributed by atoms with E-state index in [0.717, 1.165) is 0 Å². The Bertz CT molecular complexity index is 548. The second-order valence-corrected chi connectivity index (χ2v) is 3.25. The Morgan fingerprint density at radius 2 is 2.12 bits per heavy atom. The summed E-state index contributed by atoms with van der Waals surface area (Å²) >= 11 is 0. The molecule has 0 fully saturated rings. The fourth-order valence-electron chi connectivity index (χ4n) is 1.27. The molecular weight excluding hydrogens is 210 g/mol. The second-order valence-electron chi connectivity index (χ2n) is 3.25. The van der Waals surface area contributed by atoms with E-state index in [0.29, 0.717) is 23.1 Å². The van der Waals surface area contributed by atoms with Crippen LogP contribution in [0.15, 0.2) is 16.9 Å². The lowest BCUT2D eigenvalue weighted by Gasteiger charge is -2.00. The first-order valence-electron chi connectivity index (χ1n) is 4.57. The Morgan fingerprint density at radius 3 is 2.62 bits per heavy atom. The third-order valence-electron chi connectivity index (χ3n) is 2.06. The van der Waals surface area contributed by atoms with Crippen LogP contribution < -0.4 is 0 Å². The van der Waals surface area contributed by atoms with Crippen LogP contribution in [0.3, 0.4) is 0 Å². The monoisotopic (exact) mass is 219 g/mol. The highest BCUT2D eigenvalue weighted by molar-refractivity contribution is 5.88. The molecule has 0 unspecified atom stereocenters.